The smallest absolute Gasteiger partial charge is 0.303 e. The van der Waals surface area contributed by atoms with Gasteiger partial charge in [-0.05, 0) is 81.4 Å². The van der Waals surface area contributed by atoms with Crippen LogP contribution in [-0.4, -0.2) is 77.1 Å². The Morgan fingerprint density at radius 3 is 2.32 bits per heavy atom. The lowest BCUT2D eigenvalue weighted by atomic mass is 9.81. The molecule has 10 heteroatoms. The van der Waals surface area contributed by atoms with Gasteiger partial charge < -0.3 is 15.0 Å². The topological polar surface area (TPSA) is 109 Å². The molecule has 0 radical (unpaired) electrons. The first kappa shape index (κ1) is 39.7. The van der Waals surface area contributed by atoms with Crippen LogP contribution in [0.4, 0.5) is 0 Å². The highest BCUT2D eigenvalue weighted by Crippen LogP contribution is 2.43. The van der Waals surface area contributed by atoms with Crippen LogP contribution < -0.4 is 5.32 Å². The summed E-state index contributed by atoms with van der Waals surface area (Å²) >= 11 is 1.29. The Hall–Kier alpha value is -3.11. The zero-order valence-electron chi connectivity index (χ0n) is 31.5. The van der Waals surface area contributed by atoms with Crippen LogP contribution in [0.15, 0.2) is 35.7 Å². The summed E-state index contributed by atoms with van der Waals surface area (Å²) in [5.41, 5.74) is 1.45. The first-order valence-corrected chi connectivity index (χ1v) is 19.6. The normalized spacial score (nSPS) is 19.8. The van der Waals surface area contributed by atoms with E-state index in [0.717, 1.165) is 57.1 Å². The number of aromatic nitrogens is 1. The van der Waals surface area contributed by atoms with Crippen molar-refractivity contribution in [2.45, 2.75) is 124 Å². The summed E-state index contributed by atoms with van der Waals surface area (Å²) in [6, 6.07) is 9.67. The first-order chi connectivity index (χ1) is 23.7. The van der Waals surface area contributed by atoms with Crippen molar-refractivity contribution in [3.8, 4) is 0 Å². The molecule has 1 aromatic heterocycles. The maximum Gasteiger partial charge on any atom is 0.303 e. The molecule has 2 fully saturated rings. The Kier molecular flexibility index (Phi) is 14.6. The maximum atomic E-state index is 14.4. The second-order valence-corrected chi connectivity index (χ2v) is 16.5. The fourth-order valence-corrected chi connectivity index (χ4v) is 8.50. The number of carbonyl (C=O) groups is 4. The van der Waals surface area contributed by atoms with E-state index in [1.165, 1.54) is 18.3 Å². The Labute approximate surface area is 303 Å². The monoisotopic (exact) mass is 708 g/mol. The van der Waals surface area contributed by atoms with Gasteiger partial charge in [0.25, 0.3) is 5.91 Å². The van der Waals surface area contributed by atoms with Crippen LogP contribution >= 0.6 is 11.3 Å². The molecule has 1 N–H and O–H groups in total. The van der Waals surface area contributed by atoms with E-state index in [1.807, 2.05) is 32.3 Å². The van der Waals surface area contributed by atoms with E-state index in [-0.39, 0.29) is 54.0 Å². The molecule has 1 aliphatic heterocycles. The van der Waals surface area contributed by atoms with Crippen LogP contribution in [0.2, 0.25) is 0 Å². The third-order valence-corrected chi connectivity index (χ3v) is 11.6. The summed E-state index contributed by atoms with van der Waals surface area (Å²) in [6.45, 7) is 12.8. The highest BCUT2D eigenvalue weighted by Gasteiger charge is 2.42. The molecular formula is C40H60N4O5S. The number of Topliss-reactive ketones (excluding diaryl/α,β-unsaturated/α-hetero) is 1. The largest absolute Gasteiger partial charge is 0.455 e. The Morgan fingerprint density at radius 2 is 1.72 bits per heavy atom. The van der Waals surface area contributed by atoms with Crippen molar-refractivity contribution in [2.24, 2.45) is 29.6 Å². The number of esters is 1. The summed E-state index contributed by atoms with van der Waals surface area (Å²) in [5.74, 6) is 0.0569. The third-order valence-electron chi connectivity index (χ3n) is 10.7. The molecule has 9 nitrogen and oxygen atoms in total. The van der Waals surface area contributed by atoms with Gasteiger partial charge in [0.1, 0.15) is 10.7 Å². The number of likely N-dealkylation sites (tertiary alicyclic amines) is 1. The number of ketones is 1. The molecule has 50 heavy (non-hydrogen) atoms. The second kappa shape index (κ2) is 18.4. The van der Waals surface area contributed by atoms with Gasteiger partial charge in [-0.3, -0.25) is 24.1 Å². The van der Waals surface area contributed by atoms with Crippen LogP contribution in [-0.2, 0) is 25.5 Å². The minimum atomic E-state index is -0.727. The minimum Gasteiger partial charge on any atom is -0.455 e. The average molecular weight is 709 g/mol. The Balaban J connectivity index is 1.50. The number of carbonyl (C=O) groups excluding carboxylic acids is 4. The molecule has 2 aliphatic rings. The lowest BCUT2D eigenvalue weighted by molar-refractivity contribution is -0.149. The zero-order chi connectivity index (χ0) is 36.5. The van der Waals surface area contributed by atoms with Gasteiger partial charge in [-0.1, -0.05) is 71.4 Å². The fraction of sp³-hybridized carbons (Fsp3) is 0.675. The van der Waals surface area contributed by atoms with Crippen molar-refractivity contribution in [3.63, 3.8) is 0 Å². The van der Waals surface area contributed by atoms with Gasteiger partial charge >= 0.3 is 5.97 Å². The number of nitrogens with one attached hydrogen (secondary N) is 1. The molecule has 1 saturated carbocycles. The van der Waals surface area contributed by atoms with Crippen LogP contribution in [0.5, 0.6) is 0 Å². The summed E-state index contributed by atoms with van der Waals surface area (Å²) in [5, 5.41) is 5.44. The Morgan fingerprint density at radius 1 is 1.02 bits per heavy atom. The standard InChI is InChI=1S/C40H60N4O5S/c1-25(2)20-31(21-29-14-10-9-11-15-29)41-38(47)33-24-50-39(42-33)37(49-28(6)45)23-35(26(3)4)44(8)40(48)32(27(5)30-17-18-30)22-36(46)34-16-12-13-19-43(34)7/h9-11,14-15,24-27,30-32,34-35,37H,12-13,16-23H2,1-8H3,(H,41,47)/t27-,31+,32-,34+,35+,37+/m0/s1. The molecule has 0 unspecified atom stereocenters. The number of piperidine rings is 1. The highest BCUT2D eigenvalue weighted by atomic mass is 32.1. The third kappa shape index (κ3) is 11.2. The van der Waals surface area contributed by atoms with E-state index >= 15 is 0 Å². The first-order valence-electron chi connectivity index (χ1n) is 18.7. The van der Waals surface area contributed by atoms with E-state index in [1.54, 1.807) is 10.3 Å². The van der Waals surface area contributed by atoms with Gasteiger partial charge in [-0.15, -0.1) is 11.3 Å². The van der Waals surface area contributed by atoms with Crippen molar-refractivity contribution < 1.29 is 23.9 Å². The predicted octanol–water partition coefficient (Wildman–Crippen LogP) is 7.11. The van der Waals surface area contributed by atoms with Gasteiger partial charge in [0, 0.05) is 50.2 Å². The molecular weight excluding hydrogens is 649 g/mol. The van der Waals surface area contributed by atoms with E-state index in [4.69, 9.17) is 4.74 Å². The van der Waals surface area contributed by atoms with E-state index < -0.39 is 18.0 Å². The lowest BCUT2D eigenvalue weighted by Crippen LogP contribution is -2.48. The van der Waals surface area contributed by atoms with Crippen LogP contribution in [0.25, 0.3) is 0 Å². The van der Waals surface area contributed by atoms with Gasteiger partial charge in [-0.2, -0.15) is 0 Å². The van der Waals surface area contributed by atoms with Crippen molar-refractivity contribution >= 4 is 34.9 Å². The quantitative estimate of drug-likeness (QED) is 0.165. The van der Waals surface area contributed by atoms with Gasteiger partial charge in [-0.25, -0.2) is 4.98 Å². The number of ether oxygens (including phenoxy) is 1. The maximum absolute atomic E-state index is 14.4. The van der Waals surface area contributed by atoms with Crippen molar-refractivity contribution in [1.29, 1.82) is 0 Å². The van der Waals surface area contributed by atoms with E-state index in [2.05, 4.69) is 62.0 Å². The van der Waals surface area contributed by atoms with Gasteiger partial charge in [0.05, 0.1) is 6.04 Å². The van der Waals surface area contributed by atoms with Gasteiger partial charge in [0.15, 0.2) is 11.9 Å². The fourth-order valence-electron chi connectivity index (χ4n) is 7.66. The van der Waals surface area contributed by atoms with Crippen LogP contribution in [0.3, 0.4) is 0 Å². The number of benzene rings is 1. The summed E-state index contributed by atoms with van der Waals surface area (Å²) in [4.78, 5) is 62.5. The average Bonchev–Trinajstić information content (AvgIpc) is 3.80. The molecule has 0 bridgehead atoms. The van der Waals surface area contributed by atoms with Crippen LogP contribution in [0, 0.1) is 29.6 Å². The number of hydrogen-bond acceptors (Lipinski definition) is 8. The molecule has 1 saturated heterocycles. The van der Waals surface area contributed by atoms with Gasteiger partial charge in [0.2, 0.25) is 5.91 Å². The molecule has 1 aliphatic carbocycles. The molecule has 6 atom stereocenters. The number of rotatable bonds is 18. The second-order valence-electron chi connectivity index (χ2n) is 15.6. The minimum absolute atomic E-state index is 0.0229. The Bertz CT molecular complexity index is 1420. The number of nitrogens with zero attached hydrogens (tertiary/aromatic N) is 3. The number of amides is 2. The number of hydrogen-bond donors (Lipinski definition) is 1. The molecule has 4 rings (SSSR count). The van der Waals surface area contributed by atoms with Crippen molar-refractivity contribution in [2.75, 3.05) is 20.6 Å². The predicted molar refractivity (Wildman–Crippen MR) is 199 cm³/mol. The molecule has 2 heterocycles. The van der Waals surface area contributed by atoms with Crippen molar-refractivity contribution in [3.05, 3.63) is 52.0 Å². The number of thiazole rings is 1. The number of likely N-dealkylation sites (N-methyl/N-ethyl adjacent to an activating group) is 1. The SMILES string of the molecule is CC(=O)O[C@H](C[C@H](C(C)C)N(C)C(=O)[C@@H](CC(=O)[C@H]1CCCCN1C)[C@@H](C)C1CC1)c1nc(C(=O)N[C@@H](Cc2ccccc2)CC(C)C)cs1. The summed E-state index contributed by atoms with van der Waals surface area (Å²) in [7, 11) is 3.84. The lowest BCUT2D eigenvalue weighted by Gasteiger charge is -2.38. The molecule has 276 valence electrons. The molecule has 2 amide bonds. The molecule has 2 aromatic rings. The van der Waals surface area contributed by atoms with E-state index in [0.29, 0.717) is 29.0 Å². The zero-order valence-corrected chi connectivity index (χ0v) is 32.3. The molecule has 0 spiro atoms. The highest BCUT2D eigenvalue weighted by molar-refractivity contribution is 7.09. The van der Waals surface area contributed by atoms with E-state index in [9.17, 15) is 19.2 Å². The summed E-state index contributed by atoms with van der Waals surface area (Å²) in [6.07, 6.45) is 6.58. The molecule has 1 aromatic carbocycles. The van der Waals surface area contributed by atoms with Crippen LogP contribution in [0.1, 0.15) is 120 Å². The van der Waals surface area contributed by atoms with Crippen molar-refractivity contribution in [1.82, 2.24) is 20.1 Å². The summed E-state index contributed by atoms with van der Waals surface area (Å²) < 4.78 is 5.84.